The van der Waals surface area contributed by atoms with Crippen LogP contribution in [0.5, 0.6) is 5.88 Å². The van der Waals surface area contributed by atoms with Crippen molar-refractivity contribution in [2.24, 2.45) is 0 Å². The lowest BCUT2D eigenvalue weighted by molar-refractivity contribution is 0.284. The van der Waals surface area contributed by atoms with Crippen LogP contribution in [-0.4, -0.2) is 23.1 Å². The van der Waals surface area contributed by atoms with Crippen LogP contribution < -0.4 is 10.1 Å². The van der Waals surface area contributed by atoms with Crippen LogP contribution in [-0.2, 0) is 6.54 Å². The monoisotopic (exact) mass is 241 g/mol. The van der Waals surface area contributed by atoms with Crippen molar-refractivity contribution >= 4 is 0 Å². The van der Waals surface area contributed by atoms with Gasteiger partial charge in [-0.05, 0) is 30.7 Å². The van der Waals surface area contributed by atoms with E-state index in [9.17, 15) is 0 Å². The number of hydrogen-bond donors (Lipinski definition) is 1. The molecule has 4 nitrogen and oxygen atoms in total. The number of hydrogen-bond acceptors (Lipinski definition) is 4. The number of rotatable bonds is 1. The summed E-state index contributed by atoms with van der Waals surface area (Å²) in [5, 5.41) is 3.41. The Morgan fingerprint density at radius 2 is 2.22 bits per heavy atom. The lowest BCUT2D eigenvalue weighted by Gasteiger charge is -2.18. The molecule has 4 heteroatoms. The zero-order valence-electron chi connectivity index (χ0n) is 10.1. The molecule has 0 radical (unpaired) electrons. The fourth-order valence-electron chi connectivity index (χ4n) is 2.14. The van der Waals surface area contributed by atoms with E-state index in [1.54, 1.807) is 12.4 Å². The van der Waals surface area contributed by atoms with Crippen LogP contribution in [0.15, 0.2) is 36.8 Å². The van der Waals surface area contributed by atoms with E-state index in [2.05, 4.69) is 21.4 Å². The molecule has 1 N–H and O–H groups in total. The quantitative estimate of drug-likeness (QED) is 0.829. The largest absolute Gasteiger partial charge is 0.477 e. The summed E-state index contributed by atoms with van der Waals surface area (Å²) in [6.07, 6.45) is 6.46. The predicted molar refractivity (Wildman–Crippen MR) is 69.3 cm³/mol. The van der Waals surface area contributed by atoms with Gasteiger partial charge in [-0.2, -0.15) is 0 Å². The lowest BCUT2D eigenvalue weighted by atomic mass is 10.0. The molecule has 0 bridgehead atoms. The highest BCUT2D eigenvalue weighted by atomic mass is 16.5. The minimum atomic E-state index is 0.712. The summed E-state index contributed by atoms with van der Waals surface area (Å²) in [6.45, 7) is 2.47. The van der Waals surface area contributed by atoms with Gasteiger partial charge < -0.3 is 10.1 Å². The molecule has 18 heavy (non-hydrogen) atoms. The summed E-state index contributed by atoms with van der Waals surface area (Å²) in [5.41, 5.74) is 3.36. The standard InChI is InChI=1S/C14H15N3O/c1-3-11(9-15-5-1)12-4-7-17-14-13(12)10-16-6-2-8-18-14/h1,3-5,7,9,16H,2,6,8,10H2. The third-order valence-electron chi connectivity index (χ3n) is 3.03. The zero-order chi connectivity index (χ0) is 12.2. The first-order valence-electron chi connectivity index (χ1n) is 6.17. The average molecular weight is 241 g/mol. The first kappa shape index (κ1) is 11.2. The van der Waals surface area contributed by atoms with Crippen molar-refractivity contribution in [3.05, 3.63) is 42.4 Å². The maximum Gasteiger partial charge on any atom is 0.218 e. The molecular formula is C14H15N3O. The molecule has 0 atom stereocenters. The van der Waals surface area contributed by atoms with Gasteiger partial charge in [0.05, 0.1) is 6.61 Å². The van der Waals surface area contributed by atoms with Crippen LogP contribution in [0.4, 0.5) is 0 Å². The SMILES string of the molecule is c1cncc(-c2ccnc3c2CNCCCO3)c1. The Kier molecular flexibility index (Phi) is 3.19. The Bertz CT molecular complexity index is 528. The van der Waals surface area contributed by atoms with Crippen LogP contribution in [0.3, 0.4) is 0 Å². The van der Waals surface area contributed by atoms with Crippen molar-refractivity contribution in [2.75, 3.05) is 13.2 Å². The second-order valence-electron chi connectivity index (χ2n) is 4.26. The molecular weight excluding hydrogens is 226 g/mol. The third-order valence-corrected chi connectivity index (χ3v) is 3.03. The lowest BCUT2D eigenvalue weighted by Crippen LogP contribution is -2.21. The molecule has 3 heterocycles. The summed E-state index contributed by atoms with van der Waals surface area (Å²) in [6, 6.07) is 6.02. The van der Waals surface area contributed by atoms with Crippen molar-refractivity contribution in [3.8, 4) is 17.0 Å². The fourth-order valence-corrected chi connectivity index (χ4v) is 2.14. The zero-order valence-corrected chi connectivity index (χ0v) is 10.1. The third kappa shape index (κ3) is 2.19. The summed E-state index contributed by atoms with van der Waals surface area (Å²) in [7, 11) is 0. The first-order valence-corrected chi connectivity index (χ1v) is 6.17. The van der Waals surface area contributed by atoms with Gasteiger partial charge in [0, 0.05) is 36.3 Å². The Balaban J connectivity index is 2.07. The number of nitrogens with zero attached hydrogens (tertiary/aromatic N) is 2. The van der Waals surface area contributed by atoms with Crippen LogP contribution in [0.25, 0.3) is 11.1 Å². The van der Waals surface area contributed by atoms with Crippen molar-refractivity contribution in [1.29, 1.82) is 0 Å². The molecule has 0 spiro atoms. The number of aromatic nitrogens is 2. The topological polar surface area (TPSA) is 47.0 Å². The van der Waals surface area contributed by atoms with Crippen molar-refractivity contribution in [1.82, 2.24) is 15.3 Å². The molecule has 1 aliphatic rings. The molecule has 0 aromatic carbocycles. The Labute approximate surface area is 106 Å². The highest BCUT2D eigenvalue weighted by molar-refractivity contribution is 5.68. The molecule has 1 aliphatic heterocycles. The van der Waals surface area contributed by atoms with E-state index >= 15 is 0 Å². The van der Waals surface area contributed by atoms with Gasteiger partial charge in [-0.25, -0.2) is 4.98 Å². The molecule has 0 aliphatic carbocycles. The molecule has 0 unspecified atom stereocenters. The van der Waals surface area contributed by atoms with E-state index in [-0.39, 0.29) is 0 Å². The van der Waals surface area contributed by atoms with Crippen molar-refractivity contribution < 1.29 is 4.74 Å². The fraction of sp³-hybridized carbons (Fsp3) is 0.286. The second kappa shape index (κ2) is 5.14. The van der Waals surface area contributed by atoms with Crippen LogP contribution in [0.2, 0.25) is 0 Å². The van der Waals surface area contributed by atoms with Gasteiger partial charge in [-0.1, -0.05) is 6.07 Å². The summed E-state index contributed by atoms with van der Waals surface area (Å²) >= 11 is 0. The maximum atomic E-state index is 5.72. The van der Waals surface area contributed by atoms with Gasteiger partial charge in [0.1, 0.15) is 0 Å². The maximum absolute atomic E-state index is 5.72. The summed E-state index contributed by atoms with van der Waals surface area (Å²) in [4.78, 5) is 8.49. The molecule has 3 rings (SSSR count). The second-order valence-corrected chi connectivity index (χ2v) is 4.26. The molecule has 92 valence electrons. The van der Waals surface area contributed by atoms with Gasteiger partial charge in [0.15, 0.2) is 0 Å². The van der Waals surface area contributed by atoms with Gasteiger partial charge in [-0.3, -0.25) is 4.98 Å². The van der Waals surface area contributed by atoms with Gasteiger partial charge in [0.25, 0.3) is 0 Å². The van der Waals surface area contributed by atoms with E-state index in [0.29, 0.717) is 6.61 Å². The molecule has 2 aromatic heterocycles. The van der Waals surface area contributed by atoms with Gasteiger partial charge in [-0.15, -0.1) is 0 Å². The highest BCUT2D eigenvalue weighted by Crippen LogP contribution is 2.29. The van der Waals surface area contributed by atoms with E-state index in [4.69, 9.17) is 4.74 Å². The van der Waals surface area contributed by atoms with Gasteiger partial charge in [0.2, 0.25) is 5.88 Å². The van der Waals surface area contributed by atoms with Crippen LogP contribution in [0.1, 0.15) is 12.0 Å². The number of nitrogens with one attached hydrogen (secondary N) is 1. The number of fused-ring (bicyclic) bond motifs is 1. The van der Waals surface area contributed by atoms with Crippen molar-refractivity contribution in [2.45, 2.75) is 13.0 Å². The smallest absolute Gasteiger partial charge is 0.218 e. The average Bonchev–Trinajstić information content (AvgIpc) is 2.40. The Morgan fingerprint density at radius 1 is 1.22 bits per heavy atom. The Hall–Kier alpha value is -1.94. The van der Waals surface area contributed by atoms with Gasteiger partial charge >= 0.3 is 0 Å². The molecule has 0 amide bonds. The highest BCUT2D eigenvalue weighted by Gasteiger charge is 2.14. The van der Waals surface area contributed by atoms with E-state index in [1.165, 1.54) is 0 Å². The van der Waals surface area contributed by atoms with Crippen LogP contribution in [0, 0.1) is 0 Å². The predicted octanol–water partition coefficient (Wildman–Crippen LogP) is 2.02. The number of pyridine rings is 2. The molecule has 0 saturated heterocycles. The summed E-state index contributed by atoms with van der Waals surface area (Å²) < 4.78 is 5.72. The normalized spacial score (nSPS) is 15.1. The van der Waals surface area contributed by atoms with E-state index < -0.39 is 0 Å². The molecule has 2 aromatic rings. The molecule has 0 fully saturated rings. The molecule has 0 saturated carbocycles. The van der Waals surface area contributed by atoms with Crippen molar-refractivity contribution in [3.63, 3.8) is 0 Å². The minimum Gasteiger partial charge on any atom is -0.477 e. The first-order chi connectivity index (χ1) is 8.95. The van der Waals surface area contributed by atoms with E-state index in [1.807, 2.05) is 18.3 Å². The Morgan fingerprint density at radius 3 is 3.11 bits per heavy atom. The number of ether oxygens (including phenoxy) is 1. The van der Waals surface area contributed by atoms with Crippen LogP contribution >= 0.6 is 0 Å². The summed E-state index contributed by atoms with van der Waals surface area (Å²) in [5.74, 6) is 0.739. The minimum absolute atomic E-state index is 0.712. The van der Waals surface area contributed by atoms with E-state index in [0.717, 1.165) is 42.1 Å².